The first-order valence-corrected chi connectivity index (χ1v) is 7.29. The number of thiophene rings is 1. The third-order valence-electron chi connectivity index (χ3n) is 2.80. The molecular weight excluding hydrogens is 274 g/mol. The highest BCUT2D eigenvalue weighted by molar-refractivity contribution is 7.12. The number of nitrogens with zero attached hydrogens (tertiary/aromatic N) is 1. The lowest BCUT2D eigenvalue weighted by Crippen LogP contribution is -2.35. The van der Waals surface area contributed by atoms with Crippen LogP contribution in [-0.2, 0) is 11.2 Å². The van der Waals surface area contributed by atoms with Gasteiger partial charge in [0, 0.05) is 18.2 Å². The van der Waals surface area contributed by atoms with Crippen molar-refractivity contribution in [3.8, 4) is 0 Å². The number of carbonyl (C=O) groups is 2. The summed E-state index contributed by atoms with van der Waals surface area (Å²) >= 11 is 1.42. The summed E-state index contributed by atoms with van der Waals surface area (Å²) in [5, 5.41) is 11.5. The van der Waals surface area contributed by atoms with Crippen LogP contribution in [0.25, 0.3) is 0 Å². The Hall–Kier alpha value is -1.95. The molecule has 1 atom stereocenters. The molecule has 0 fully saturated rings. The molecule has 0 saturated heterocycles. The van der Waals surface area contributed by atoms with Crippen molar-refractivity contribution < 1.29 is 9.59 Å². The van der Waals surface area contributed by atoms with E-state index < -0.39 is 0 Å². The largest absolute Gasteiger partial charge is 0.353 e. The molecule has 0 unspecified atom stereocenters. The Bertz CT molecular complexity index is 589. The zero-order valence-corrected chi connectivity index (χ0v) is 12.3. The number of carbonyl (C=O) groups excluding carboxylic acids is 2. The summed E-state index contributed by atoms with van der Waals surface area (Å²) in [5.74, 6) is -0.0635. The van der Waals surface area contributed by atoms with Crippen LogP contribution in [0.3, 0.4) is 0 Å². The predicted octanol–water partition coefficient (Wildman–Crippen LogP) is 2.10. The summed E-state index contributed by atoms with van der Waals surface area (Å²) < 4.78 is 0. The maximum atomic E-state index is 11.9. The number of aromatic nitrogens is 2. The number of hydrogen-bond acceptors (Lipinski definition) is 4. The normalized spacial score (nSPS) is 12.1. The van der Waals surface area contributed by atoms with Crippen LogP contribution >= 0.6 is 11.3 Å². The van der Waals surface area contributed by atoms with E-state index in [0.29, 0.717) is 12.1 Å². The van der Waals surface area contributed by atoms with Gasteiger partial charge in [-0.1, -0.05) is 6.07 Å². The molecule has 0 aliphatic carbocycles. The maximum Gasteiger partial charge on any atom is 0.226 e. The Kier molecular flexibility index (Phi) is 4.68. The van der Waals surface area contributed by atoms with Crippen LogP contribution in [0, 0.1) is 6.92 Å². The topological polar surface area (TPSA) is 74.8 Å². The first kappa shape index (κ1) is 14.5. The van der Waals surface area contributed by atoms with Gasteiger partial charge >= 0.3 is 0 Å². The van der Waals surface area contributed by atoms with Crippen LogP contribution in [0.4, 0.5) is 0 Å². The summed E-state index contributed by atoms with van der Waals surface area (Å²) in [6.45, 7) is 3.72. The quantitative estimate of drug-likeness (QED) is 0.800. The Morgan fingerprint density at radius 2 is 2.30 bits per heavy atom. The lowest BCUT2D eigenvalue weighted by molar-refractivity contribution is -0.121. The van der Waals surface area contributed by atoms with E-state index in [1.807, 2.05) is 31.4 Å². The van der Waals surface area contributed by atoms with E-state index in [1.54, 1.807) is 6.07 Å². The number of aromatic amines is 1. The zero-order valence-electron chi connectivity index (χ0n) is 11.5. The van der Waals surface area contributed by atoms with Crippen molar-refractivity contribution in [3.05, 3.63) is 39.8 Å². The maximum absolute atomic E-state index is 11.9. The van der Waals surface area contributed by atoms with Crippen molar-refractivity contribution in [1.29, 1.82) is 0 Å². The minimum atomic E-state index is -0.183. The second kappa shape index (κ2) is 6.47. The summed E-state index contributed by atoms with van der Waals surface area (Å²) in [5.41, 5.74) is 1.63. The van der Waals surface area contributed by atoms with Crippen LogP contribution in [0.2, 0.25) is 0 Å². The van der Waals surface area contributed by atoms with Crippen LogP contribution in [-0.4, -0.2) is 27.9 Å². The smallest absolute Gasteiger partial charge is 0.226 e. The number of H-pyrrole nitrogens is 1. The number of aryl methyl sites for hydroxylation is 1. The highest BCUT2D eigenvalue weighted by atomic mass is 32.1. The van der Waals surface area contributed by atoms with Gasteiger partial charge < -0.3 is 5.32 Å². The van der Waals surface area contributed by atoms with Crippen molar-refractivity contribution in [3.63, 3.8) is 0 Å². The summed E-state index contributed by atoms with van der Waals surface area (Å²) in [7, 11) is 0. The number of nitrogens with one attached hydrogen (secondary N) is 2. The molecule has 0 aliphatic rings. The number of ketones is 1. The zero-order chi connectivity index (χ0) is 14.5. The van der Waals surface area contributed by atoms with Crippen molar-refractivity contribution in [2.45, 2.75) is 32.7 Å². The molecule has 2 heterocycles. The molecule has 1 amide bonds. The van der Waals surface area contributed by atoms with E-state index in [2.05, 4.69) is 15.5 Å². The van der Waals surface area contributed by atoms with Gasteiger partial charge in [0.05, 0.1) is 17.0 Å². The second-order valence-electron chi connectivity index (χ2n) is 4.79. The van der Waals surface area contributed by atoms with Gasteiger partial charge in [0.25, 0.3) is 0 Å². The highest BCUT2D eigenvalue weighted by Crippen LogP contribution is 2.12. The summed E-state index contributed by atoms with van der Waals surface area (Å²) in [4.78, 5) is 24.5. The van der Waals surface area contributed by atoms with E-state index >= 15 is 0 Å². The van der Waals surface area contributed by atoms with E-state index in [0.717, 1.165) is 10.6 Å². The molecule has 2 rings (SSSR count). The number of amides is 1. The predicted molar refractivity (Wildman–Crippen MR) is 77.9 cm³/mol. The van der Waals surface area contributed by atoms with Crippen molar-refractivity contribution in [1.82, 2.24) is 15.5 Å². The summed E-state index contributed by atoms with van der Waals surface area (Å²) in [6, 6.07) is 5.30. The SMILES string of the molecule is Cc1cc(CC(=O)N[C@@H](C)CC(=O)c2cccs2)n[nH]1. The van der Waals surface area contributed by atoms with Gasteiger partial charge in [-0.15, -0.1) is 11.3 Å². The molecule has 2 N–H and O–H groups in total. The standard InChI is InChI=1S/C14H17N3O2S/c1-9(7-12(18)13-4-3-5-20-13)15-14(19)8-11-6-10(2)16-17-11/h3-6,9H,7-8H2,1-2H3,(H,15,19)(H,16,17)/t9-/m0/s1. The van der Waals surface area contributed by atoms with E-state index in [-0.39, 0.29) is 24.2 Å². The molecule has 6 heteroatoms. The Balaban J connectivity index is 1.80. The fraction of sp³-hybridized carbons (Fsp3) is 0.357. The van der Waals surface area contributed by atoms with E-state index in [1.165, 1.54) is 11.3 Å². The first-order valence-electron chi connectivity index (χ1n) is 6.41. The molecule has 0 aliphatic heterocycles. The third kappa shape index (κ3) is 4.03. The monoisotopic (exact) mass is 291 g/mol. The summed E-state index contributed by atoms with van der Waals surface area (Å²) in [6.07, 6.45) is 0.535. The Labute approximate surface area is 121 Å². The van der Waals surface area contributed by atoms with Gasteiger partial charge in [-0.25, -0.2) is 0 Å². The van der Waals surface area contributed by atoms with Crippen LogP contribution < -0.4 is 5.32 Å². The molecule has 2 aromatic rings. The molecular formula is C14H17N3O2S. The first-order chi connectivity index (χ1) is 9.54. The molecule has 20 heavy (non-hydrogen) atoms. The average molecular weight is 291 g/mol. The highest BCUT2D eigenvalue weighted by Gasteiger charge is 2.15. The molecule has 0 aromatic carbocycles. The molecule has 0 bridgehead atoms. The molecule has 0 spiro atoms. The van der Waals surface area contributed by atoms with Gasteiger partial charge in [0.1, 0.15) is 0 Å². The van der Waals surface area contributed by atoms with Crippen molar-refractivity contribution in [2.24, 2.45) is 0 Å². The van der Waals surface area contributed by atoms with Crippen LogP contribution in [0.1, 0.15) is 34.4 Å². The fourth-order valence-corrected chi connectivity index (χ4v) is 2.60. The molecule has 0 radical (unpaired) electrons. The fourth-order valence-electron chi connectivity index (χ4n) is 1.92. The molecule has 5 nitrogen and oxygen atoms in total. The van der Waals surface area contributed by atoms with Crippen molar-refractivity contribution in [2.75, 3.05) is 0 Å². The lowest BCUT2D eigenvalue weighted by atomic mass is 10.1. The van der Waals surface area contributed by atoms with Gasteiger partial charge in [-0.3, -0.25) is 14.7 Å². The van der Waals surface area contributed by atoms with Gasteiger partial charge in [0.15, 0.2) is 5.78 Å². The van der Waals surface area contributed by atoms with Gasteiger partial charge in [0.2, 0.25) is 5.91 Å². The van der Waals surface area contributed by atoms with Gasteiger partial charge in [-0.2, -0.15) is 5.10 Å². The molecule has 2 aromatic heterocycles. The number of rotatable bonds is 6. The van der Waals surface area contributed by atoms with Crippen LogP contribution in [0.15, 0.2) is 23.6 Å². The van der Waals surface area contributed by atoms with Gasteiger partial charge in [-0.05, 0) is 31.4 Å². The average Bonchev–Trinajstić information content (AvgIpc) is 3.00. The van der Waals surface area contributed by atoms with E-state index in [9.17, 15) is 9.59 Å². The lowest BCUT2D eigenvalue weighted by Gasteiger charge is -2.12. The van der Waals surface area contributed by atoms with Crippen molar-refractivity contribution >= 4 is 23.0 Å². The molecule has 106 valence electrons. The number of hydrogen-bond donors (Lipinski definition) is 2. The van der Waals surface area contributed by atoms with E-state index in [4.69, 9.17) is 0 Å². The Morgan fingerprint density at radius 1 is 1.50 bits per heavy atom. The minimum absolute atomic E-state index is 0.0587. The second-order valence-corrected chi connectivity index (χ2v) is 5.74. The number of Topliss-reactive ketones (excluding diaryl/α,β-unsaturated/α-hetero) is 1. The van der Waals surface area contributed by atoms with Crippen LogP contribution in [0.5, 0.6) is 0 Å². The third-order valence-corrected chi connectivity index (χ3v) is 3.71. The minimum Gasteiger partial charge on any atom is -0.353 e. The molecule has 0 saturated carbocycles. The Morgan fingerprint density at radius 3 is 2.90 bits per heavy atom.